The zero-order chi connectivity index (χ0) is 11.1. The van der Waals surface area contributed by atoms with Crippen molar-refractivity contribution in [2.24, 2.45) is 4.99 Å². The largest absolute Gasteiger partial charge is 0.300 e. The highest BCUT2D eigenvalue weighted by molar-refractivity contribution is 5.49. The molecule has 0 bridgehead atoms. The van der Waals surface area contributed by atoms with Crippen LogP contribution in [0.5, 0.6) is 0 Å². The Hall–Kier alpha value is -1.44. The van der Waals surface area contributed by atoms with Crippen LogP contribution in [0.3, 0.4) is 0 Å². The fourth-order valence-electron chi connectivity index (χ4n) is 1.48. The maximum Gasteiger partial charge on any atom is 0.240 e. The van der Waals surface area contributed by atoms with Crippen molar-refractivity contribution in [2.75, 3.05) is 13.1 Å². The molecule has 0 atom stereocenters. The van der Waals surface area contributed by atoms with Crippen LogP contribution in [0.4, 0.5) is 5.69 Å². The molecule has 0 aliphatic carbocycles. The maximum atomic E-state index is 10.1. The highest BCUT2D eigenvalue weighted by Gasteiger charge is 2.01. The second-order valence-corrected chi connectivity index (χ2v) is 3.33. The summed E-state index contributed by atoms with van der Waals surface area (Å²) in [7, 11) is 0. The predicted octanol–water partition coefficient (Wildman–Crippen LogP) is 2.50. The molecule has 0 radical (unpaired) electrons. The predicted molar refractivity (Wildman–Crippen MR) is 60.8 cm³/mol. The second-order valence-electron chi connectivity index (χ2n) is 3.33. The molecule has 0 fully saturated rings. The van der Waals surface area contributed by atoms with E-state index in [9.17, 15) is 4.79 Å². The summed E-state index contributed by atoms with van der Waals surface area (Å²) in [5.41, 5.74) is 1.85. The van der Waals surface area contributed by atoms with Crippen LogP contribution in [0, 0.1) is 0 Å². The molecule has 0 spiro atoms. The van der Waals surface area contributed by atoms with Crippen molar-refractivity contribution >= 4 is 11.8 Å². The van der Waals surface area contributed by atoms with Gasteiger partial charge in [0.05, 0.1) is 5.69 Å². The Labute approximate surface area is 90.4 Å². The number of rotatable bonds is 5. The molecule has 1 aromatic carbocycles. The fourth-order valence-corrected chi connectivity index (χ4v) is 1.48. The Morgan fingerprint density at radius 2 is 2.07 bits per heavy atom. The molecule has 3 nitrogen and oxygen atoms in total. The average molecular weight is 204 g/mol. The van der Waals surface area contributed by atoms with E-state index in [-0.39, 0.29) is 0 Å². The van der Waals surface area contributed by atoms with E-state index >= 15 is 0 Å². The molecular formula is C12H16N2O. The monoisotopic (exact) mass is 204 g/mol. The molecule has 1 rings (SSSR count). The van der Waals surface area contributed by atoms with Gasteiger partial charge in [-0.3, -0.25) is 4.90 Å². The molecule has 0 N–H and O–H groups in total. The summed E-state index contributed by atoms with van der Waals surface area (Å²) < 4.78 is 0. The molecule has 0 saturated heterocycles. The third-order valence-electron chi connectivity index (χ3n) is 2.39. The van der Waals surface area contributed by atoms with Gasteiger partial charge < -0.3 is 0 Å². The van der Waals surface area contributed by atoms with E-state index in [1.807, 2.05) is 18.2 Å². The number of isocyanates is 1. The van der Waals surface area contributed by atoms with Gasteiger partial charge in [-0.2, -0.15) is 4.99 Å². The first-order valence-corrected chi connectivity index (χ1v) is 5.19. The Morgan fingerprint density at radius 1 is 1.33 bits per heavy atom. The lowest BCUT2D eigenvalue weighted by Gasteiger charge is -2.17. The van der Waals surface area contributed by atoms with Crippen LogP contribution in [-0.2, 0) is 11.3 Å². The first-order chi connectivity index (χ1) is 7.30. The van der Waals surface area contributed by atoms with E-state index in [0.29, 0.717) is 5.69 Å². The summed E-state index contributed by atoms with van der Waals surface area (Å²) in [4.78, 5) is 16.0. The van der Waals surface area contributed by atoms with Crippen molar-refractivity contribution in [1.82, 2.24) is 4.90 Å². The molecule has 0 saturated carbocycles. The summed E-state index contributed by atoms with van der Waals surface area (Å²) in [5, 5.41) is 0. The molecule has 0 aromatic heterocycles. The van der Waals surface area contributed by atoms with Crippen molar-refractivity contribution in [1.29, 1.82) is 0 Å². The van der Waals surface area contributed by atoms with Crippen LogP contribution < -0.4 is 0 Å². The van der Waals surface area contributed by atoms with E-state index < -0.39 is 0 Å². The standard InChI is InChI=1S/C12H16N2O/c1-3-14(4-2)9-11-6-5-7-12(8-11)13-10-15/h5-8H,3-4,9H2,1-2H3. The molecule has 0 aliphatic heterocycles. The lowest BCUT2D eigenvalue weighted by molar-refractivity contribution is 0.296. The number of hydrogen-bond acceptors (Lipinski definition) is 3. The minimum absolute atomic E-state index is 0.676. The quantitative estimate of drug-likeness (QED) is 0.545. The summed E-state index contributed by atoms with van der Waals surface area (Å²) >= 11 is 0. The molecular weight excluding hydrogens is 188 g/mol. The number of benzene rings is 1. The molecule has 0 amide bonds. The molecule has 3 heteroatoms. The molecule has 80 valence electrons. The van der Waals surface area contributed by atoms with Crippen LogP contribution >= 0.6 is 0 Å². The first kappa shape index (κ1) is 11.6. The van der Waals surface area contributed by atoms with E-state index in [1.165, 1.54) is 5.56 Å². The van der Waals surface area contributed by atoms with Crippen LogP contribution in [0.25, 0.3) is 0 Å². The average Bonchev–Trinajstić information content (AvgIpc) is 2.27. The molecule has 1 aromatic rings. The van der Waals surface area contributed by atoms with Crippen molar-refractivity contribution in [2.45, 2.75) is 20.4 Å². The Balaban J connectivity index is 2.76. The summed E-state index contributed by atoms with van der Waals surface area (Å²) in [5.74, 6) is 0. The third kappa shape index (κ3) is 3.66. The van der Waals surface area contributed by atoms with Gasteiger partial charge in [-0.05, 0) is 30.8 Å². The van der Waals surface area contributed by atoms with E-state index in [0.717, 1.165) is 19.6 Å². The number of carbonyl (C=O) groups excluding carboxylic acids is 1. The molecule has 15 heavy (non-hydrogen) atoms. The number of hydrogen-bond donors (Lipinski definition) is 0. The highest BCUT2D eigenvalue weighted by atomic mass is 16.1. The lowest BCUT2D eigenvalue weighted by atomic mass is 10.2. The minimum Gasteiger partial charge on any atom is -0.300 e. The van der Waals surface area contributed by atoms with Crippen molar-refractivity contribution < 1.29 is 4.79 Å². The first-order valence-electron chi connectivity index (χ1n) is 5.19. The van der Waals surface area contributed by atoms with E-state index in [1.54, 1.807) is 12.1 Å². The van der Waals surface area contributed by atoms with Gasteiger partial charge in [-0.1, -0.05) is 26.0 Å². The van der Waals surface area contributed by atoms with Crippen molar-refractivity contribution in [3.05, 3.63) is 29.8 Å². The second kappa shape index (κ2) is 6.12. The van der Waals surface area contributed by atoms with Gasteiger partial charge in [0.1, 0.15) is 0 Å². The van der Waals surface area contributed by atoms with Gasteiger partial charge in [0.15, 0.2) is 0 Å². The summed E-state index contributed by atoms with van der Waals surface area (Å²) in [6.07, 6.45) is 1.55. The van der Waals surface area contributed by atoms with Gasteiger partial charge in [0, 0.05) is 6.54 Å². The van der Waals surface area contributed by atoms with Crippen molar-refractivity contribution in [3.8, 4) is 0 Å². The van der Waals surface area contributed by atoms with Crippen LogP contribution in [0.15, 0.2) is 29.3 Å². The molecule has 0 unspecified atom stereocenters. The topological polar surface area (TPSA) is 32.7 Å². The SMILES string of the molecule is CCN(CC)Cc1cccc(N=C=O)c1. The highest BCUT2D eigenvalue weighted by Crippen LogP contribution is 2.14. The van der Waals surface area contributed by atoms with E-state index in [2.05, 4.69) is 23.7 Å². The van der Waals surface area contributed by atoms with Crippen molar-refractivity contribution in [3.63, 3.8) is 0 Å². The van der Waals surface area contributed by atoms with Gasteiger partial charge in [0.2, 0.25) is 6.08 Å². The number of aliphatic imine (C=N–C) groups is 1. The van der Waals surface area contributed by atoms with Gasteiger partial charge >= 0.3 is 0 Å². The normalized spacial score (nSPS) is 10.1. The number of nitrogens with zero attached hydrogens (tertiary/aromatic N) is 2. The lowest BCUT2D eigenvalue weighted by Crippen LogP contribution is -2.21. The maximum absolute atomic E-state index is 10.1. The minimum atomic E-state index is 0.676. The van der Waals surface area contributed by atoms with Crippen LogP contribution in [-0.4, -0.2) is 24.1 Å². The zero-order valence-corrected chi connectivity index (χ0v) is 9.23. The third-order valence-corrected chi connectivity index (χ3v) is 2.39. The van der Waals surface area contributed by atoms with E-state index in [4.69, 9.17) is 0 Å². The zero-order valence-electron chi connectivity index (χ0n) is 9.23. The van der Waals surface area contributed by atoms with Gasteiger partial charge in [-0.15, -0.1) is 0 Å². The smallest absolute Gasteiger partial charge is 0.240 e. The molecule has 0 aliphatic rings. The Morgan fingerprint density at radius 3 is 2.67 bits per heavy atom. The van der Waals surface area contributed by atoms with Crippen LogP contribution in [0.1, 0.15) is 19.4 Å². The Bertz CT molecular complexity index is 352. The fraction of sp³-hybridized carbons (Fsp3) is 0.417. The van der Waals surface area contributed by atoms with Gasteiger partial charge in [0.25, 0.3) is 0 Å². The van der Waals surface area contributed by atoms with Crippen LogP contribution in [0.2, 0.25) is 0 Å². The van der Waals surface area contributed by atoms with Gasteiger partial charge in [-0.25, -0.2) is 4.79 Å². The summed E-state index contributed by atoms with van der Waals surface area (Å²) in [6.45, 7) is 7.22. The Kier molecular flexibility index (Phi) is 4.75. The summed E-state index contributed by atoms with van der Waals surface area (Å²) in [6, 6.07) is 7.68. The molecule has 0 heterocycles.